The summed E-state index contributed by atoms with van der Waals surface area (Å²) < 4.78 is 10.7. The first-order valence-electron chi connectivity index (χ1n) is 8.25. The van der Waals surface area contributed by atoms with Crippen LogP contribution in [0.2, 0.25) is 0 Å². The molecule has 1 aromatic heterocycles. The van der Waals surface area contributed by atoms with E-state index in [1.807, 2.05) is 0 Å². The smallest absolute Gasteiger partial charge is 0.289 e. The van der Waals surface area contributed by atoms with Gasteiger partial charge >= 0.3 is 0 Å². The van der Waals surface area contributed by atoms with Crippen LogP contribution in [-0.4, -0.2) is 35.6 Å². The fourth-order valence-corrected chi connectivity index (χ4v) is 2.75. The van der Waals surface area contributed by atoms with E-state index >= 15 is 0 Å². The van der Waals surface area contributed by atoms with Crippen LogP contribution in [0.4, 0.5) is 0 Å². The number of rotatable bonds is 5. The van der Waals surface area contributed by atoms with Crippen LogP contribution in [-0.2, 0) is 20.7 Å². The van der Waals surface area contributed by atoms with Gasteiger partial charge in [0.05, 0.1) is 11.0 Å². The SMILES string of the molecule is CC1=C(C(=O)NCCCc2nc3c(C)c(C)ccc3[nH]2)OCCO1. The van der Waals surface area contributed by atoms with Crippen LogP contribution in [0.15, 0.2) is 23.7 Å². The number of ether oxygens (including phenoxy) is 2. The molecule has 2 aromatic rings. The molecule has 1 aliphatic rings. The van der Waals surface area contributed by atoms with Gasteiger partial charge in [-0.05, 0) is 44.4 Å². The Kier molecular flexibility index (Phi) is 4.74. The number of H-pyrrole nitrogens is 1. The van der Waals surface area contributed by atoms with Crippen molar-refractivity contribution in [2.75, 3.05) is 19.8 Å². The molecule has 0 spiro atoms. The van der Waals surface area contributed by atoms with Crippen molar-refractivity contribution in [2.45, 2.75) is 33.6 Å². The number of benzene rings is 1. The van der Waals surface area contributed by atoms with Crippen molar-refractivity contribution >= 4 is 16.9 Å². The van der Waals surface area contributed by atoms with E-state index in [-0.39, 0.29) is 11.7 Å². The zero-order valence-electron chi connectivity index (χ0n) is 14.4. The molecule has 3 rings (SSSR count). The van der Waals surface area contributed by atoms with Gasteiger partial charge in [-0.1, -0.05) is 6.07 Å². The average Bonchev–Trinajstić information content (AvgIpc) is 2.99. The molecule has 0 radical (unpaired) electrons. The van der Waals surface area contributed by atoms with Gasteiger partial charge in [-0.3, -0.25) is 4.79 Å². The molecule has 128 valence electrons. The number of amides is 1. The van der Waals surface area contributed by atoms with Crippen molar-refractivity contribution in [3.63, 3.8) is 0 Å². The minimum atomic E-state index is -0.219. The van der Waals surface area contributed by atoms with Crippen molar-refractivity contribution in [3.8, 4) is 0 Å². The number of aromatic nitrogens is 2. The molecule has 0 fully saturated rings. The first-order valence-corrected chi connectivity index (χ1v) is 8.25. The molecule has 0 saturated carbocycles. The van der Waals surface area contributed by atoms with Crippen LogP contribution in [0.25, 0.3) is 11.0 Å². The Labute approximate surface area is 141 Å². The number of aromatic amines is 1. The van der Waals surface area contributed by atoms with E-state index < -0.39 is 0 Å². The highest BCUT2D eigenvalue weighted by Crippen LogP contribution is 2.19. The van der Waals surface area contributed by atoms with Gasteiger partial charge in [0, 0.05) is 13.0 Å². The highest BCUT2D eigenvalue weighted by molar-refractivity contribution is 5.91. The molecule has 2 N–H and O–H groups in total. The maximum absolute atomic E-state index is 12.0. The summed E-state index contributed by atoms with van der Waals surface area (Å²) >= 11 is 0. The fourth-order valence-electron chi connectivity index (χ4n) is 2.75. The second-order valence-electron chi connectivity index (χ2n) is 6.03. The van der Waals surface area contributed by atoms with Crippen LogP contribution in [0.3, 0.4) is 0 Å². The van der Waals surface area contributed by atoms with Crippen LogP contribution in [0.1, 0.15) is 30.3 Å². The lowest BCUT2D eigenvalue weighted by Crippen LogP contribution is -2.30. The minimum absolute atomic E-state index is 0.219. The zero-order valence-corrected chi connectivity index (χ0v) is 14.4. The summed E-state index contributed by atoms with van der Waals surface area (Å²) in [5.41, 5.74) is 4.54. The Bertz CT molecular complexity index is 792. The van der Waals surface area contributed by atoms with Gasteiger partial charge in [0.15, 0.2) is 0 Å². The quantitative estimate of drug-likeness (QED) is 0.827. The van der Waals surface area contributed by atoms with Crippen LogP contribution < -0.4 is 5.32 Å². The molecule has 24 heavy (non-hydrogen) atoms. The van der Waals surface area contributed by atoms with Crippen molar-refractivity contribution in [1.29, 1.82) is 0 Å². The number of hydrogen-bond acceptors (Lipinski definition) is 4. The summed E-state index contributed by atoms with van der Waals surface area (Å²) in [4.78, 5) is 20.1. The standard InChI is InChI=1S/C18H23N3O3/c1-11-6-7-14-16(12(11)2)21-15(20-14)5-4-8-19-18(22)17-13(3)23-9-10-24-17/h6-7H,4-5,8-10H2,1-3H3,(H,19,22)(H,20,21). The number of imidazole rings is 1. The first kappa shape index (κ1) is 16.4. The normalized spacial score (nSPS) is 14.5. The van der Waals surface area contributed by atoms with E-state index in [2.05, 4.69) is 41.3 Å². The molecular weight excluding hydrogens is 306 g/mol. The lowest BCUT2D eigenvalue weighted by molar-refractivity contribution is -0.122. The molecule has 0 atom stereocenters. The van der Waals surface area contributed by atoms with Gasteiger partial charge in [0.1, 0.15) is 24.8 Å². The summed E-state index contributed by atoms with van der Waals surface area (Å²) in [7, 11) is 0. The van der Waals surface area contributed by atoms with E-state index in [0.717, 1.165) is 29.7 Å². The molecule has 1 aromatic carbocycles. The van der Waals surface area contributed by atoms with Crippen molar-refractivity contribution in [2.24, 2.45) is 0 Å². The van der Waals surface area contributed by atoms with Crippen LogP contribution >= 0.6 is 0 Å². The van der Waals surface area contributed by atoms with E-state index in [9.17, 15) is 4.79 Å². The maximum atomic E-state index is 12.0. The molecule has 1 amide bonds. The average molecular weight is 329 g/mol. The van der Waals surface area contributed by atoms with Gasteiger partial charge in [-0.2, -0.15) is 0 Å². The number of carbonyl (C=O) groups is 1. The number of nitrogens with one attached hydrogen (secondary N) is 2. The highest BCUT2D eigenvalue weighted by atomic mass is 16.6. The molecule has 0 bridgehead atoms. The summed E-state index contributed by atoms with van der Waals surface area (Å²) in [6, 6.07) is 4.16. The van der Waals surface area contributed by atoms with Gasteiger partial charge in [0.25, 0.3) is 5.91 Å². The Morgan fingerprint density at radius 2 is 2.04 bits per heavy atom. The Morgan fingerprint density at radius 1 is 1.25 bits per heavy atom. The lowest BCUT2D eigenvalue weighted by atomic mass is 10.1. The second kappa shape index (κ2) is 6.95. The van der Waals surface area contributed by atoms with Gasteiger partial charge in [-0.25, -0.2) is 4.98 Å². The van der Waals surface area contributed by atoms with E-state index in [4.69, 9.17) is 9.47 Å². The van der Waals surface area contributed by atoms with Crippen LogP contribution in [0, 0.1) is 13.8 Å². The number of carbonyl (C=O) groups excluding carboxylic acids is 1. The van der Waals surface area contributed by atoms with E-state index in [1.54, 1.807) is 6.92 Å². The molecule has 6 nitrogen and oxygen atoms in total. The largest absolute Gasteiger partial charge is 0.491 e. The molecule has 0 aliphatic carbocycles. The predicted molar refractivity (Wildman–Crippen MR) is 91.5 cm³/mol. The Balaban J connectivity index is 1.53. The zero-order chi connectivity index (χ0) is 17.1. The van der Waals surface area contributed by atoms with Gasteiger partial charge < -0.3 is 19.8 Å². The van der Waals surface area contributed by atoms with Crippen molar-refractivity contribution in [1.82, 2.24) is 15.3 Å². The van der Waals surface area contributed by atoms with Crippen molar-refractivity contribution in [3.05, 3.63) is 40.6 Å². The molecule has 1 aliphatic heterocycles. The maximum Gasteiger partial charge on any atom is 0.289 e. The topological polar surface area (TPSA) is 76.2 Å². The minimum Gasteiger partial charge on any atom is -0.491 e. The predicted octanol–water partition coefficient (Wildman–Crippen LogP) is 2.51. The Hall–Kier alpha value is -2.50. The summed E-state index contributed by atoms with van der Waals surface area (Å²) in [5.74, 6) is 1.56. The number of aryl methyl sites for hydroxylation is 3. The summed E-state index contributed by atoms with van der Waals surface area (Å²) in [6.07, 6.45) is 1.58. The molecule has 0 unspecified atom stereocenters. The third-order valence-corrected chi connectivity index (χ3v) is 4.28. The molecule has 2 heterocycles. The number of fused-ring (bicyclic) bond motifs is 1. The molecule has 6 heteroatoms. The number of hydrogen-bond donors (Lipinski definition) is 2. The molecule has 0 saturated heterocycles. The number of allylic oxidation sites excluding steroid dienone is 1. The highest BCUT2D eigenvalue weighted by Gasteiger charge is 2.19. The van der Waals surface area contributed by atoms with Gasteiger partial charge in [-0.15, -0.1) is 0 Å². The van der Waals surface area contributed by atoms with Crippen LogP contribution in [0.5, 0.6) is 0 Å². The Morgan fingerprint density at radius 3 is 2.83 bits per heavy atom. The van der Waals surface area contributed by atoms with E-state index in [0.29, 0.717) is 25.5 Å². The third-order valence-electron chi connectivity index (χ3n) is 4.28. The first-order chi connectivity index (χ1) is 11.6. The summed E-state index contributed by atoms with van der Waals surface area (Å²) in [6.45, 7) is 7.39. The third kappa shape index (κ3) is 3.37. The van der Waals surface area contributed by atoms with Crippen molar-refractivity contribution < 1.29 is 14.3 Å². The lowest BCUT2D eigenvalue weighted by Gasteiger charge is -2.19. The fraction of sp³-hybridized carbons (Fsp3) is 0.444. The molecular formula is C18H23N3O3. The second-order valence-corrected chi connectivity index (χ2v) is 6.03. The summed E-state index contributed by atoms with van der Waals surface area (Å²) in [5, 5.41) is 2.86. The van der Waals surface area contributed by atoms with E-state index in [1.165, 1.54) is 11.1 Å². The monoisotopic (exact) mass is 329 g/mol. The van der Waals surface area contributed by atoms with Gasteiger partial charge in [0.2, 0.25) is 5.76 Å². The number of nitrogens with zero attached hydrogens (tertiary/aromatic N) is 1.